The van der Waals surface area contributed by atoms with E-state index in [0.29, 0.717) is 23.3 Å². The van der Waals surface area contributed by atoms with Gasteiger partial charge in [-0.25, -0.2) is 9.09 Å². The van der Waals surface area contributed by atoms with Crippen molar-refractivity contribution in [1.82, 2.24) is 9.55 Å². The number of halogens is 2. The first-order chi connectivity index (χ1) is 15.9. The topological polar surface area (TPSA) is 141 Å². The lowest BCUT2D eigenvalue weighted by Gasteiger charge is -2.33. The zero-order valence-corrected chi connectivity index (χ0v) is 20.8. The van der Waals surface area contributed by atoms with E-state index < -0.39 is 31.7 Å². The van der Waals surface area contributed by atoms with E-state index >= 15 is 0 Å². The minimum absolute atomic E-state index is 0.0524. The first kappa shape index (κ1) is 26.9. The van der Waals surface area contributed by atoms with E-state index in [1.54, 1.807) is 6.92 Å². The lowest BCUT2D eigenvalue weighted by molar-refractivity contribution is -0.349. The number of aliphatic hydroxyl groups is 2. The molecule has 3 unspecified atom stereocenters. The number of phosphoric acid groups is 1. The van der Waals surface area contributed by atoms with E-state index in [1.807, 2.05) is 19.1 Å². The van der Waals surface area contributed by atoms with Gasteiger partial charge in [0.1, 0.15) is 23.1 Å². The van der Waals surface area contributed by atoms with Gasteiger partial charge in [-0.3, -0.25) is 18.9 Å². The van der Waals surface area contributed by atoms with E-state index in [2.05, 4.69) is 9.93 Å². The van der Waals surface area contributed by atoms with Crippen LogP contribution >= 0.6 is 31.6 Å². The van der Waals surface area contributed by atoms with Crippen LogP contribution in [0.1, 0.15) is 35.8 Å². The second-order valence-electron chi connectivity index (χ2n) is 7.59. The molecular formula is C19H23ClFN2O9PS. The van der Waals surface area contributed by atoms with Crippen LogP contribution in [0.5, 0.6) is 5.75 Å². The summed E-state index contributed by atoms with van der Waals surface area (Å²) < 4.78 is 45.5. The van der Waals surface area contributed by atoms with Crippen molar-refractivity contribution in [2.75, 3.05) is 7.11 Å². The summed E-state index contributed by atoms with van der Waals surface area (Å²) in [5.74, 6) is -2.66. The molecule has 1 fully saturated rings. The lowest BCUT2D eigenvalue weighted by atomic mass is 10.1. The quantitative estimate of drug-likeness (QED) is 0.298. The smallest absolute Gasteiger partial charge is 0.403 e. The van der Waals surface area contributed by atoms with Gasteiger partial charge in [-0.05, 0) is 49.0 Å². The molecule has 188 valence electrons. The second kappa shape index (κ2) is 10.5. The number of H-pyrrole nitrogens is 1. The standard InChI is InChI=1S/C18H20ClN2O8PS.CH3FO/c1-9-5-10(2)15-11(6-9)8-26-30(25,28-15)29-18(23,24)13-3-4-14(27-13)21-7-12(19)16(22)20-17(21)31;1-3-2/h5-7,13-14,23-24H,3-4,8H2,1-2H3,(H,20,22,31);1H3. The van der Waals surface area contributed by atoms with Crippen LogP contribution < -0.4 is 10.1 Å². The number of rotatable bonds is 4. The van der Waals surface area contributed by atoms with Crippen LogP contribution in [0.15, 0.2) is 23.1 Å². The number of fused-ring (bicyclic) bond motifs is 1. The molecule has 0 aliphatic carbocycles. The largest absolute Gasteiger partial charge is 0.534 e. The minimum Gasteiger partial charge on any atom is -0.403 e. The van der Waals surface area contributed by atoms with E-state index in [9.17, 15) is 24.1 Å². The zero-order valence-electron chi connectivity index (χ0n) is 18.3. The van der Waals surface area contributed by atoms with Crippen LogP contribution in [-0.4, -0.2) is 39.0 Å². The van der Waals surface area contributed by atoms with Gasteiger partial charge in [0.25, 0.3) is 5.56 Å². The fourth-order valence-corrected chi connectivity index (χ4v) is 5.40. The van der Waals surface area contributed by atoms with Crippen molar-refractivity contribution in [2.45, 2.75) is 51.6 Å². The molecule has 4 rings (SSSR count). The van der Waals surface area contributed by atoms with Crippen molar-refractivity contribution in [3.8, 4) is 5.75 Å². The molecule has 0 spiro atoms. The first-order valence-electron chi connectivity index (χ1n) is 9.90. The molecule has 0 saturated carbocycles. The number of hydrogen-bond donors (Lipinski definition) is 3. The Morgan fingerprint density at radius 1 is 1.35 bits per heavy atom. The molecule has 3 heterocycles. The average molecular weight is 541 g/mol. The Morgan fingerprint density at radius 3 is 2.71 bits per heavy atom. The molecule has 11 nitrogen and oxygen atoms in total. The summed E-state index contributed by atoms with van der Waals surface area (Å²) in [5.41, 5.74) is 1.82. The third kappa shape index (κ3) is 5.93. The van der Waals surface area contributed by atoms with Gasteiger partial charge in [-0.15, -0.1) is 0 Å². The molecule has 0 amide bonds. The predicted octanol–water partition coefficient (Wildman–Crippen LogP) is 3.74. The Labute approximate surface area is 203 Å². The van der Waals surface area contributed by atoms with Crippen LogP contribution in [0.3, 0.4) is 0 Å². The number of aromatic amines is 1. The summed E-state index contributed by atoms with van der Waals surface area (Å²) in [7, 11) is -3.40. The van der Waals surface area contributed by atoms with Crippen LogP contribution in [-0.2, 0) is 29.9 Å². The molecule has 2 aliphatic rings. The molecule has 1 saturated heterocycles. The number of aromatic nitrogens is 2. The minimum atomic E-state index is -4.35. The summed E-state index contributed by atoms with van der Waals surface area (Å²) in [5, 5.41) is 20.9. The average Bonchev–Trinajstić information content (AvgIpc) is 3.23. The molecule has 0 bridgehead atoms. The first-order valence-corrected chi connectivity index (χ1v) is 12.1. The number of nitrogens with one attached hydrogen (secondary N) is 1. The van der Waals surface area contributed by atoms with Crippen LogP contribution in [0.4, 0.5) is 4.53 Å². The summed E-state index contributed by atoms with van der Waals surface area (Å²) in [4.78, 5) is 16.7. The molecule has 0 radical (unpaired) electrons. The van der Waals surface area contributed by atoms with Crippen molar-refractivity contribution < 1.29 is 42.6 Å². The second-order valence-corrected chi connectivity index (χ2v) is 9.90. The number of benzene rings is 1. The highest BCUT2D eigenvalue weighted by atomic mass is 35.5. The van der Waals surface area contributed by atoms with E-state index in [-0.39, 0.29) is 22.8 Å². The molecule has 1 aromatic heterocycles. The van der Waals surface area contributed by atoms with Crippen molar-refractivity contribution >= 4 is 31.6 Å². The number of nitrogens with zero attached hydrogens (tertiary/aromatic N) is 1. The highest BCUT2D eigenvalue weighted by molar-refractivity contribution is 7.71. The van der Waals surface area contributed by atoms with Crippen molar-refractivity contribution in [3.63, 3.8) is 0 Å². The highest BCUT2D eigenvalue weighted by Crippen LogP contribution is 2.58. The highest BCUT2D eigenvalue weighted by Gasteiger charge is 2.51. The molecular weight excluding hydrogens is 518 g/mol. The Bertz CT molecular complexity index is 1220. The van der Waals surface area contributed by atoms with Gasteiger partial charge in [0.05, 0.1) is 13.7 Å². The molecule has 34 heavy (non-hydrogen) atoms. The van der Waals surface area contributed by atoms with E-state index in [0.717, 1.165) is 12.7 Å². The Balaban J connectivity index is 0.00000103. The van der Waals surface area contributed by atoms with Gasteiger partial charge < -0.3 is 19.5 Å². The summed E-state index contributed by atoms with van der Waals surface area (Å²) in [6, 6.07) is 3.66. The van der Waals surface area contributed by atoms with Gasteiger partial charge in [-0.1, -0.05) is 29.3 Å². The Hall–Kier alpha value is -1.67. The number of aryl methyl sites for hydroxylation is 2. The van der Waals surface area contributed by atoms with Crippen molar-refractivity contribution in [2.24, 2.45) is 0 Å². The number of ether oxygens (including phenoxy) is 1. The van der Waals surface area contributed by atoms with Gasteiger partial charge in [0.15, 0.2) is 4.77 Å². The summed E-state index contributed by atoms with van der Waals surface area (Å²) in [6.07, 6.45) is -0.353. The van der Waals surface area contributed by atoms with Crippen molar-refractivity contribution in [3.05, 3.63) is 55.2 Å². The maximum absolute atomic E-state index is 13.0. The molecule has 3 N–H and O–H groups in total. The van der Waals surface area contributed by atoms with Gasteiger partial charge in [0.2, 0.25) is 0 Å². The lowest BCUT2D eigenvalue weighted by Crippen LogP contribution is -2.44. The SMILES string of the molecule is COF.Cc1cc(C)c2c(c1)COP(=O)(OC(O)(O)C1CCC(n3cc(Cl)c(=O)[nH]c3=S)O1)O2. The van der Waals surface area contributed by atoms with Crippen LogP contribution in [0.25, 0.3) is 0 Å². The van der Waals surface area contributed by atoms with E-state index in [4.69, 9.17) is 42.1 Å². The number of hydrogen-bond acceptors (Lipinski definition) is 10. The monoisotopic (exact) mass is 540 g/mol. The van der Waals surface area contributed by atoms with Crippen molar-refractivity contribution in [1.29, 1.82) is 0 Å². The molecule has 1 aromatic carbocycles. The molecule has 2 aliphatic heterocycles. The zero-order chi connectivity index (χ0) is 25.3. The number of phosphoric ester groups is 1. The molecule has 2 aromatic rings. The maximum atomic E-state index is 13.0. The summed E-state index contributed by atoms with van der Waals surface area (Å²) in [6.45, 7) is 3.60. The van der Waals surface area contributed by atoms with Gasteiger partial charge in [0, 0.05) is 11.8 Å². The Kier molecular flexibility index (Phi) is 8.33. The fraction of sp³-hybridized carbons (Fsp3) is 0.474. The summed E-state index contributed by atoms with van der Waals surface area (Å²) >= 11 is 10.9. The fourth-order valence-electron chi connectivity index (χ4n) is 3.61. The van der Waals surface area contributed by atoms with Gasteiger partial charge in [-0.2, -0.15) is 4.94 Å². The van der Waals surface area contributed by atoms with Crippen LogP contribution in [0.2, 0.25) is 5.02 Å². The van der Waals surface area contributed by atoms with E-state index in [1.165, 1.54) is 10.8 Å². The molecule has 3 atom stereocenters. The normalized spacial score (nSPS) is 24.1. The maximum Gasteiger partial charge on any atom is 0.534 e. The third-order valence-corrected chi connectivity index (χ3v) is 6.90. The third-order valence-electron chi connectivity index (χ3n) is 4.97. The molecule has 15 heteroatoms. The Morgan fingerprint density at radius 2 is 2.03 bits per heavy atom. The predicted molar refractivity (Wildman–Crippen MR) is 119 cm³/mol. The van der Waals surface area contributed by atoms with Gasteiger partial charge >= 0.3 is 13.8 Å². The van der Waals surface area contributed by atoms with Crippen LogP contribution in [0, 0.1) is 18.6 Å².